The highest BCUT2D eigenvalue weighted by atomic mass is 35.5. The molecule has 0 heterocycles. The van der Waals surface area contributed by atoms with Gasteiger partial charge in [0.1, 0.15) is 0 Å². The summed E-state index contributed by atoms with van der Waals surface area (Å²) in [5, 5.41) is 3.24. The van der Waals surface area contributed by atoms with E-state index < -0.39 is 0 Å². The molecule has 0 unspecified atom stereocenters. The lowest BCUT2D eigenvalue weighted by molar-refractivity contribution is 1.58. The molecule has 0 N–H and O–H groups in total. The van der Waals surface area contributed by atoms with Crippen molar-refractivity contribution in [1.29, 1.82) is 0 Å². The average molecular weight is 467 g/mol. The van der Waals surface area contributed by atoms with Crippen LogP contribution in [-0.2, 0) is 0 Å². The number of hydrogen-bond acceptors (Lipinski definition) is 0. The number of rotatable bonds is 4. The van der Waals surface area contributed by atoms with E-state index in [0.717, 1.165) is 10.6 Å². The zero-order valence-electron chi connectivity index (χ0n) is 19.2. The van der Waals surface area contributed by atoms with E-state index in [-0.39, 0.29) is 0 Å². The van der Waals surface area contributed by atoms with E-state index in [4.69, 9.17) is 11.6 Å². The smallest absolute Gasteiger partial charge is 0.0406 e. The molecule has 0 nitrogen and oxygen atoms in total. The van der Waals surface area contributed by atoms with Gasteiger partial charge in [0.15, 0.2) is 0 Å². The Balaban J connectivity index is 1.41. The lowest BCUT2D eigenvalue weighted by Crippen LogP contribution is -1.89. The van der Waals surface area contributed by atoms with Crippen molar-refractivity contribution < 1.29 is 0 Å². The normalized spacial score (nSPS) is 11.0. The summed E-state index contributed by atoms with van der Waals surface area (Å²) >= 11 is 6.17. The van der Waals surface area contributed by atoms with Gasteiger partial charge in [-0.2, -0.15) is 0 Å². The number of halogens is 1. The minimum absolute atomic E-state index is 0.749. The molecule has 6 rings (SSSR count). The van der Waals surface area contributed by atoms with Crippen LogP contribution in [-0.4, -0.2) is 0 Å². The predicted octanol–water partition coefficient (Wildman–Crippen LogP) is 10.2. The van der Waals surface area contributed by atoms with Gasteiger partial charge in [-0.05, 0) is 67.4 Å². The van der Waals surface area contributed by atoms with Crippen molar-refractivity contribution in [2.75, 3.05) is 0 Å². The maximum Gasteiger partial charge on any atom is 0.0406 e. The van der Waals surface area contributed by atoms with E-state index in [1.54, 1.807) is 0 Å². The summed E-state index contributed by atoms with van der Waals surface area (Å²) in [7, 11) is 0. The molecule has 0 atom stereocenters. The third-order valence-electron chi connectivity index (χ3n) is 6.58. The molecule has 0 bridgehead atoms. The Labute approximate surface area is 211 Å². The van der Waals surface area contributed by atoms with Gasteiger partial charge in [-0.3, -0.25) is 0 Å². The van der Waals surface area contributed by atoms with Crippen molar-refractivity contribution in [3.05, 3.63) is 145 Å². The molecular formula is C34H23Cl. The van der Waals surface area contributed by atoms with Crippen molar-refractivity contribution in [3.8, 4) is 44.5 Å². The summed E-state index contributed by atoms with van der Waals surface area (Å²) in [6.45, 7) is 0. The second-order valence-corrected chi connectivity index (χ2v) is 9.17. The van der Waals surface area contributed by atoms with Crippen LogP contribution in [0.5, 0.6) is 0 Å². The van der Waals surface area contributed by atoms with Gasteiger partial charge in [0.05, 0.1) is 0 Å². The first-order chi connectivity index (χ1) is 17.3. The Morgan fingerprint density at radius 3 is 1.46 bits per heavy atom. The zero-order valence-corrected chi connectivity index (χ0v) is 19.9. The third-order valence-corrected chi connectivity index (χ3v) is 6.84. The van der Waals surface area contributed by atoms with E-state index in [1.165, 1.54) is 49.7 Å². The van der Waals surface area contributed by atoms with Gasteiger partial charge in [0.2, 0.25) is 0 Å². The van der Waals surface area contributed by atoms with Crippen LogP contribution in [0.1, 0.15) is 0 Å². The first-order valence-corrected chi connectivity index (χ1v) is 12.2. The highest BCUT2D eigenvalue weighted by Crippen LogP contribution is 2.39. The Morgan fingerprint density at radius 1 is 0.343 bits per heavy atom. The molecule has 0 aliphatic heterocycles. The first kappa shape index (κ1) is 21.4. The van der Waals surface area contributed by atoms with Crippen molar-refractivity contribution in [1.82, 2.24) is 0 Å². The van der Waals surface area contributed by atoms with E-state index in [9.17, 15) is 0 Å². The largest absolute Gasteiger partial charge is 0.0843 e. The molecular weight excluding hydrogens is 444 g/mol. The van der Waals surface area contributed by atoms with Crippen LogP contribution in [0.25, 0.3) is 55.3 Å². The fourth-order valence-corrected chi connectivity index (χ4v) is 4.89. The predicted molar refractivity (Wildman–Crippen MR) is 151 cm³/mol. The summed E-state index contributed by atoms with van der Waals surface area (Å²) in [4.78, 5) is 0. The topological polar surface area (TPSA) is 0 Å². The van der Waals surface area contributed by atoms with Crippen molar-refractivity contribution in [2.24, 2.45) is 0 Å². The summed E-state index contributed by atoms with van der Waals surface area (Å²) < 4.78 is 0. The van der Waals surface area contributed by atoms with Crippen LogP contribution in [0.15, 0.2) is 140 Å². The monoisotopic (exact) mass is 466 g/mol. The summed E-state index contributed by atoms with van der Waals surface area (Å²) in [6, 6.07) is 49.3. The molecule has 0 amide bonds. The van der Waals surface area contributed by atoms with Crippen molar-refractivity contribution >= 4 is 22.4 Å². The molecule has 0 radical (unpaired) electrons. The molecule has 0 aliphatic carbocycles. The van der Waals surface area contributed by atoms with E-state index in [0.29, 0.717) is 0 Å². The van der Waals surface area contributed by atoms with Gasteiger partial charge >= 0.3 is 0 Å². The Morgan fingerprint density at radius 2 is 0.829 bits per heavy atom. The van der Waals surface area contributed by atoms with Crippen molar-refractivity contribution in [3.63, 3.8) is 0 Å². The molecule has 1 heteroatoms. The Hall–Kier alpha value is -4.13. The van der Waals surface area contributed by atoms with Crippen LogP contribution >= 0.6 is 11.6 Å². The number of benzene rings is 6. The van der Waals surface area contributed by atoms with Gasteiger partial charge in [-0.25, -0.2) is 0 Å². The standard InChI is InChI=1S/C34H23Cl/c35-31-21-18-29(19-22-31)33-23-20-28-8-4-5-9-32(28)34(33)30-16-14-27(15-17-30)26-12-10-25(11-13-26)24-6-2-1-3-7-24/h1-23H. The van der Waals surface area contributed by atoms with Crippen LogP contribution in [0.2, 0.25) is 5.02 Å². The molecule has 6 aromatic rings. The van der Waals surface area contributed by atoms with Crippen LogP contribution in [0.3, 0.4) is 0 Å². The molecule has 0 aliphatic rings. The number of hydrogen-bond donors (Lipinski definition) is 0. The van der Waals surface area contributed by atoms with Gasteiger partial charge in [0, 0.05) is 5.02 Å². The highest BCUT2D eigenvalue weighted by Gasteiger charge is 2.12. The summed E-state index contributed by atoms with van der Waals surface area (Å²) in [6.07, 6.45) is 0. The fraction of sp³-hybridized carbons (Fsp3) is 0. The van der Waals surface area contributed by atoms with Gasteiger partial charge < -0.3 is 0 Å². The highest BCUT2D eigenvalue weighted by molar-refractivity contribution is 6.30. The maximum absolute atomic E-state index is 6.17. The zero-order chi connectivity index (χ0) is 23.6. The summed E-state index contributed by atoms with van der Waals surface area (Å²) in [5.41, 5.74) is 9.71. The van der Waals surface area contributed by atoms with E-state index in [2.05, 4.69) is 121 Å². The molecule has 0 fully saturated rings. The van der Waals surface area contributed by atoms with E-state index >= 15 is 0 Å². The fourth-order valence-electron chi connectivity index (χ4n) is 4.77. The molecule has 6 aromatic carbocycles. The van der Waals surface area contributed by atoms with Crippen LogP contribution in [0, 0.1) is 0 Å². The van der Waals surface area contributed by atoms with Gasteiger partial charge in [-0.15, -0.1) is 0 Å². The van der Waals surface area contributed by atoms with Crippen LogP contribution < -0.4 is 0 Å². The van der Waals surface area contributed by atoms with Crippen LogP contribution in [0.4, 0.5) is 0 Å². The minimum atomic E-state index is 0.749. The molecule has 0 spiro atoms. The molecule has 0 saturated heterocycles. The lowest BCUT2D eigenvalue weighted by Gasteiger charge is -2.15. The van der Waals surface area contributed by atoms with Crippen molar-refractivity contribution in [2.45, 2.75) is 0 Å². The Bertz CT molecular complexity index is 1600. The third kappa shape index (κ3) is 4.25. The minimum Gasteiger partial charge on any atom is -0.0843 e. The average Bonchev–Trinajstić information content (AvgIpc) is 2.94. The first-order valence-electron chi connectivity index (χ1n) is 11.8. The Kier molecular flexibility index (Phi) is 5.66. The second-order valence-electron chi connectivity index (χ2n) is 8.74. The van der Waals surface area contributed by atoms with Gasteiger partial charge in [-0.1, -0.05) is 139 Å². The van der Waals surface area contributed by atoms with E-state index in [1.807, 2.05) is 18.2 Å². The lowest BCUT2D eigenvalue weighted by atomic mass is 9.89. The molecule has 0 aromatic heterocycles. The SMILES string of the molecule is Clc1ccc(-c2ccc3ccccc3c2-c2ccc(-c3ccc(-c4ccccc4)cc3)cc2)cc1. The summed E-state index contributed by atoms with van der Waals surface area (Å²) in [5.74, 6) is 0. The second kappa shape index (κ2) is 9.25. The molecule has 0 saturated carbocycles. The molecule has 166 valence electrons. The quantitative estimate of drug-likeness (QED) is 0.242. The molecule has 35 heavy (non-hydrogen) atoms. The maximum atomic E-state index is 6.17. The number of fused-ring (bicyclic) bond motifs is 1. The van der Waals surface area contributed by atoms with Gasteiger partial charge in [0.25, 0.3) is 0 Å².